The van der Waals surface area contributed by atoms with Crippen LogP contribution in [0.2, 0.25) is 0 Å². The summed E-state index contributed by atoms with van der Waals surface area (Å²) < 4.78 is 30.7. The van der Waals surface area contributed by atoms with Gasteiger partial charge in [0.05, 0.1) is 31.0 Å². The monoisotopic (exact) mass is 736 g/mol. The predicted molar refractivity (Wildman–Crippen MR) is 187 cm³/mol. The highest BCUT2D eigenvalue weighted by molar-refractivity contribution is 5.94. The molecule has 3 saturated heterocycles. The number of carbonyl (C=O) groups excluding carboxylic acids is 1. The van der Waals surface area contributed by atoms with Crippen molar-refractivity contribution in [3.8, 4) is 0 Å². The Balaban J connectivity index is 1.02. The molecule has 0 aromatic heterocycles. The Kier molecular flexibility index (Phi) is 11.2. The summed E-state index contributed by atoms with van der Waals surface area (Å²) in [6, 6.07) is 0. The number of allylic oxidation sites excluding steroid dienone is 2. The SMILES string of the molecule is CC1OC(O[C@@H]2O[C@H]([C@@H](C)C3CCC4C5=CC(=O)C6C[C@@H](OC7OC(CO)C(O)C(O)C7O)CC[C@]6(C)C5CC[C@@]43C)CC[C@H]2C)C(O)C(C)C1O. The van der Waals surface area contributed by atoms with E-state index >= 15 is 0 Å². The van der Waals surface area contributed by atoms with Gasteiger partial charge < -0.3 is 54.3 Å². The van der Waals surface area contributed by atoms with Crippen molar-refractivity contribution < 1.29 is 59.1 Å². The smallest absolute Gasteiger partial charge is 0.187 e. The van der Waals surface area contributed by atoms with Crippen LogP contribution in [0.15, 0.2) is 11.6 Å². The zero-order chi connectivity index (χ0) is 37.4. The Bertz CT molecular complexity index is 1330. The van der Waals surface area contributed by atoms with Crippen LogP contribution in [-0.4, -0.2) is 117 Å². The first kappa shape index (κ1) is 39.2. The van der Waals surface area contributed by atoms with Gasteiger partial charge in [-0.2, -0.15) is 0 Å². The second kappa shape index (κ2) is 14.8. The quantitative estimate of drug-likeness (QED) is 0.225. The van der Waals surface area contributed by atoms with Crippen LogP contribution in [0.5, 0.6) is 0 Å². The fourth-order valence-electron chi connectivity index (χ4n) is 12.0. The molecule has 296 valence electrons. The molecule has 0 radical (unpaired) electrons. The van der Waals surface area contributed by atoms with Crippen LogP contribution >= 0.6 is 0 Å². The molecule has 14 unspecified atom stereocenters. The highest BCUT2D eigenvalue weighted by Crippen LogP contribution is 2.67. The van der Waals surface area contributed by atoms with Crippen molar-refractivity contribution in [3.05, 3.63) is 11.6 Å². The molecule has 0 aromatic rings. The van der Waals surface area contributed by atoms with Crippen LogP contribution in [0.4, 0.5) is 0 Å². The number of rotatable bonds is 7. The van der Waals surface area contributed by atoms with E-state index in [1.54, 1.807) is 6.92 Å². The summed E-state index contributed by atoms with van der Waals surface area (Å²) in [5.74, 6) is 1.04. The van der Waals surface area contributed by atoms with Crippen molar-refractivity contribution >= 4 is 5.78 Å². The van der Waals surface area contributed by atoms with Crippen molar-refractivity contribution in [1.29, 1.82) is 0 Å². The number of hydrogen-bond donors (Lipinski definition) is 6. The van der Waals surface area contributed by atoms with E-state index in [-0.39, 0.29) is 52.5 Å². The second-order valence-electron chi connectivity index (χ2n) is 18.3. The van der Waals surface area contributed by atoms with E-state index in [0.29, 0.717) is 30.6 Å². The fraction of sp³-hybridized carbons (Fsp3) is 0.925. The Hall–Kier alpha value is -1.03. The van der Waals surface area contributed by atoms with Gasteiger partial charge in [-0.05, 0) is 105 Å². The molecule has 12 nitrogen and oxygen atoms in total. The van der Waals surface area contributed by atoms with E-state index in [1.165, 1.54) is 5.57 Å². The minimum Gasteiger partial charge on any atom is -0.394 e. The van der Waals surface area contributed by atoms with Gasteiger partial charge in [-0.3, -0.25) is 4.79 Å². The second-order valence-corrected chi connectivity index (χ2v) is 18.3. The summed E-state index contributed by atoms with van der Waals surface area (Å²) in [6.07, 6.45) is -0.439. The van der Waals surface area contributed by atoms with Gasteiger partial charge in [-0.25, -0.2) is 0 Å². The lowest BCUT2D eigenvalue weighted by Gasteiger charge is -2.57. The molecule has 21 atom stereocenters. The van der Waals surface area contributed by atoms with Gasteiger partial charge in [0.1, 0.15) is 30.5 Å². The van der Waals surface area contributed by atoms with E-state index in [1.807, 2.05) is 13.0 Å². The number of carbonyl (C=O) groups is 1. The third-order valence-corrected chi connectivity index (χ3v) is 15.5. The third kappa shape index (κ3) is 6.57. The fourth-order valence-corrected chi connectivity index (χ4v) is 12.0. The highest BCUT2D eigenvalue weighted by Gasteiger charge is 2.61. The normalized spacial score (nSPS) is 54.5. The molecule has 0 amide bonds. The highest BCUT2D eigenvalue weighted by atomic mass is 16.8. The third-order valence-electron chi connectivity index (χ3n) is 15.5. The zero-order valence-electron chi connectivity index (χ0n) is 31.8. The van der Waals surface area contributed by atoms with Crippen molar-refractivity contribution in [2.75, 3.05) is 6.61 Å². The lowest BCUT2D eigenvalue weighted by atomic mass is 9.47. The Morgan fingerprint density at radius 3 is 2.17 bits per heavy atom. The first-order valence-electron chi connectivity index (χ1n) is 20.1. The standard InChI is InChI=1S/C40H64O12/c1-18-7-10-29(50-36(18)52-37-32(44)20(3)31(43)21(4)48-37)19(2)24-8-9-25-23-16-28(42)27-15-22(11-13-40(27,6)26(23)12-14-39(24,25)5)49-38-35(47)34(46)33(45)30(17-41)51-38/h16,18-22,24-27,29-38,41,43-47H,7-15,17H2,1-6H3/t18-,19+,20?,21?,22+,24?,25?,26?,27?,29+,30?,31?,32?,33?,34?,35?,36+,37?,38?,39-,40-/m1/s1. The molecule has 3 saturated carbocycles. The number of aliphatic hydroxyl groups excluding tert-OH is 6. The molecular formula is C40H64O12. The van der Waals surface area contributed by atoms with Crippen LogP contribution < -0.4 is 0 Å². The predicted octanol–water partition coefficient (Wildman–Crippen LogP) is 2.83. The maximum absolute atomic E-state index is 14.1. The number of fused-ring (bicyclic) bond motifs is 5. The number of aliphatic hydroxyl groups is 6. The van der Waals surface area contributed by atoms with Crippen molar-refractivity contribution in [2.24, 2.45) is 52.3 Å². The lowest BCUT2D eigenvalue weighted by molar-refractivity contribution is -0.346. The summed E-state index contributed by atoms with van der Waals surface area (Å²) in [4.78, 5) is 14.1. The average Bonchev–Trinajstić information content (AvgIpc) is 3.48. The molecule has 0 bridgehead atoms. The molecular weight excluding hydrogens is 672 g/mol. The molecule has 6 N–H and O–H groups in total. The summed E-state index contributed by atoms with van der Waals surface area (Å²) >= 11 is 0. The summed E-state index contributed by atoms with van der Waals surface area (Å²) in [5.41, 5.74) is 1.17. The number of ketones is 1. The minimum absolute atomic E-state index is 0.00325. The van der Waals surface area contributed by atoms with Gasteiger partial charge in [-0.15, -0.1) is 0 Å². The Labute approximate surface area is 308 Å². The first-order valence-corrected chi connectivity index (χ1v) is 20.1. The maximum atomic E-state index is 14.1. The molecule has 0 aromatic carbocycles. The average molecular weight is 737 g/mol. The van der Waals surface area contributed by atoms with Crippen LogP contribution in [0.25, 0.3) is 0 Å². The number of hydrogen-bond acceptors (Lipinski definition) is 12. The van der Waals surface area contributed by atoms with E-state index < -0.39 is 68.2 Å². The van der Waals surface area contributed by atoms with Crippen LogP contribution in [0.1, 0.15) is 99.3 Å². The minimum atomic E-state index is -1.50. The van der Waals surface area contributed by atoms with Crippen molar-refractivity contribution in [1.82, 2.24) is 0 Å². The molecule has 6 fully saturated rings. The van der Waals surface area contributed by atoms with E-state index in [2.05, 4.69) is 27.7 Å². The summed E-state index contributed by atoms with van der Waals surface area (Å²) in [5, 5.41) is 61.8. The molecule has 0 spiro atoms. The first-order chi connectivity index (χ1) is 24.6. The van der Waals surface area contributed by atoms with Gasteiger partial charge in [0, 0.05) is 17.8 Å². The largest absolute Gasteiger partial charge is 0.394 e. The molecule has 7 aliphatic rings. The molecule has 7 rings (SSSR count). The topological polar surface area (TPSA) is 185 Å². The van der Waals surface area contributed by atoms with Gasteiger partial charge in [0.25, 0.3) is 0 Å². The summed E-state index contributed by atoms with van der Waals surface area (Å²) in [7, 11) is 0. The molecule has 3 heterocycles. The molecule has 4 aliphatic carbocycles. The van der Waals surface area contributed by atoms with Crippen molar-refractivity contribution in [3.63, 3.8) is 0 Å². The van der Waals surface area contributed by atoms with Gasteiger partial charge >= 0.3 is 0 Å². The van der Waals surface area contributed by atoms with E-state index in [4.69, 9.17) is 23.7 Å². The van der Waals surface area contributed by atoms with E-state index in [0.717, 1.165) is 44.9 Å². The van der Waals surface area contributed by atoms with Crippen LogP contribution in [0.3, 0.4) is 0 Å². The lowest BCUT2D eigenvalue weighted by Crippen LogP contribution is -2.60. The number of ether oxygens (including phenoxy) is 5. The molecule has 3 aliphatic heterocycles. The van der Waals surface area contributed by atoms with Gasteiger partial charge in [-0.1, -0.05) is 40.2 Å². The summed E-state index contributed by atoms with van der Waals surface area (Å²) in [6.45, 7) is 12.3. The van der Waals surface area contributed by atoms with Crippen LogP contribution in [0, 0.1) is 52.3 Å². The molecule has 12 heteroatoms. The Morgan fingerprint density at radius 2 is 1.44 bits per heavy atom. The van der Waals surface area contributed by atoms with Crippen LogP contribution in [-0.2, 0) is 28.5 Å². The van der Waals surface area contributed by atoms with Crippen molar-refractivity contribution in [2.45, 2.75) is 173 Å². The van der Waals surface area contributed by atoms with Gasteiger partial charge in [0.15, 0.2) is 24.7 Å². The van der Waals surface area contributed by atoms with Gasteiger partial charge in [0.2, 0.25) is 0 Å². The maximum Gasteiger partial charge on any atom is 0.187 e. The Morgan fingerprint density at radius 1 is 0.750 bits per heavy atom. The zero-order valence-corrected chi connectivity index (χ0v) is 31.8. The van der Waals surface area contributed by atoms with E-state index in [9.17, 15) is 35.4 Å². The molecule has 52 heavy (non-hydrogen) atoms.